The molecule has 2 N–H and O–H groups in total. The van der Waals surface area contributed by atoms with Crippen molar-refractivity contribution >= 4 is 23.1 Å². The summed E-state index contributed by atoms with van der Waals surface area (Å²) >= 11 is 0. The summed E-state index contributed by atoms with van der Waals surface area (Å²) in [5, 5.41) is 5.69. The monoisotopic (exact) mass is 402 g/mol. The van der Waals surface area contributed by atoms with Gasteiger partial charge in [-0.1, -0.05) is 18.2 Å². The number of rotatable bonds is 6. The Kier molecular flexibility index (Phi) is 5.91. The first-order valence-electron chi connectivity index (χ1n) is 9.03. The molecular weight excluding hydrogens is 381 g/mol. The van der Waals surface area contributed by atoms with Crippen molar-refractivity contribution < 1.29 is 17.9 Å². The summed E-state index contributed by atoms with van der Waals surface area (Å²) in [7, 11) is 0. The van der Waals surface area contributed by atoms with Gasteiger partial charge in [0.15, 0.2) is 0 Å². The van der Waals surface area contributed by atoms with Gasteiger partial charge in [-0.25, -0.2) is 4.98 Å². The molecule has 0 saturated carbocycles. The average molecular weight is 402 g/mol. The summed E-state index contributed by atoms with van der Waals surface area (Å²) in [6.45, 7) is 5.65. The Bertz CT molecular complexity index is 972. The number of anilines is 4. The Morgan fingerprint density at radius 1 is 0.966 bits per heavy atom. The van der Waals surface area contributed by atoms with E-state index in [-0.39, 0.29) is 17.9 Å². The van der Waals surface area contributed by atoms with Crippen LogP contribution in [0.1, 0.15) is 25.0 Å². The predicted molar refractivity (Wildman–Crippen MR) is 107 cm³/mol. The molecule has 0 aliphatic carbocycles. The fourth-order valence-corrected chi connectivity index (χ4v) is 2.60. The standard InChI is InChI=1S/C21H21F3N4O/c1-13(2)29-16-10-8-15(9-11-16)26-20-25-12-17(21(22,23)24)19(28-20)27-18-7-5-4-6-14(18)3/h4-13H,1-3H3,(H2,25,26,27,28). The topological polar surface area (TPSA) is 59.1 Å². The van der Waals surface area contributed by atoms with E-state index in [9.17, 15) is 13.2 Å². The van der Waals surface area contributed by atoms with Crippen LogP contribution in [0.3, 0.4) is 0 Å². The first kappa shape index (κ1) is 20.4. The van der Waals surface area contributed by atoms with Crippen molar-refractivity contribution in [1.29, 1.82) is 0 Å². The second kappa shape index (κ2) is 8.38. The molecule has 2 aromatic carbocycles. The van der Waals surface area contributed by atoms with Crippen molar-refractivity contribution in [2.24, 2.45) is 0 Å². The van der Waals surface area contributed by atoms with Crippen molar-refractivity contribution in [3.8, 4) is 5.75 Å². The number of hydrogen-bond acceptors (Lipinski definition) is 5. The van der Waals surface area contributed by atoms with E-state index in [1.54, 1.807) is 49.4 Å². The number of aryl methyl sites for hydroxylation is 1. The van der Waals surface area contributed by atoms with E-state index in [2.05, 4.69) is 20.6 Å². The van der Waals surface area contributed by atoms with Gasteiger partial charge in [-0.15, -0.1) is 0 Å². The van der Waals surface area contributed by atoms with Crippen LogP contribution in [0.4, 0.5) is 36.3 Å². The van der Waals surface area contributed by atoms with Crippen molar-refractivity contribution in [1.82, 2.24) is 9.97 Å². The van der Waals surface area contributed by atoms with Crippen molar-refractivity contribution in [3.63, 3.8) is 0 Å². The highest BCUT2D eigenvalue weighted by Gasteiger charge is 2.35. The molecule has 0 fully saturated rings. The van der Waals surface area contributed by atoms with E-state index in [4.69, 9.17) is 4.74 Å². The summed E-state index contributed by atoms with van der Waals surface area (Å²) < 4.78 is 45.8. The molecular formula is C21H21F3N4O. The minimum atomic E-state index is -4.58. The minimum absolute atomic E-state index is 0.0436. The molecule has 0 bridgehead atoms. The van der Waals surface area contributed by atoms with Crippen LogP contribution in [0, 0.1) is 6.92 Å². The molecule has 0 aliphatic heterocycles. The molecule has 8 heteroatoms. The third-order valence-electron chi connectivity index (χ3n) is 3.97. The summed E-state index contributed by atoms with van der Waals surface area (Å²) in [5.41, 5.74) is 1.03. The molecule has 29 heavy (non-hydrogen) atoms. The van der Waals surface area contributed by atoms with Gasteiger partial charge in [-0.3, -0.25) is 0 Å². The van der Waals surface area contributed by atoms with E-state index in [1.807, 2.05) is 19.9 Å². The molecule has 0 aliphatic rings. The maximum Gasteiger partial charge on any atom is 0.421 e. The van der Waals surface area contributed by atoms with Gasteiger partial charge in [0.05, 0.1) is 6.10 Å². The lowest BCUT2D eigenvalue weighted by Crippen LogP contribution is -2.13. The number of nitrogens with one attached hydrogen (secondary N) is 2. The quantitative estimate of drug-likeness (QED) is 0.523. The highest BCUT2D eigenvalue weighted by atomic mass is 19.4. The number of nitrogens with zero attached hydrogens (tertiary/aromatic N) is 2. The summed E-state index contributed by atoms with van der Waals surface area (Å²) in [4.78, 5) is 7.88. The molecule has 0 saturated heterocycles. The number of halogens is 3. The zero-order chi connectivity index (χ0) is 21.0. The van der Waals surface area contributed by atoms with E-state index in [0.29, 0.717) is 17.1 Å². The molecule has 0 unspecified atom stereocenters. The largest absolute Gasteiger partial charge is 0.491 e. The Balaban J connectivity index is 1.87. The van der Waals surface area contributed by atoms with Gasteiger partial charge in [0.2, 0.25) is 5.95 Å². The van der Waals surface area contributed by atoms with Crippen LogP contribution >= 0.6 is 0 Å². The molecule has 5 nitrogen and oxygen atoms in total. The first-order chi connectivity index (χ1) is 13.7. The summed E-state index contributed by atoms with van der Waals surface area (Å²) in [5.74, 6) is 0.427. The molecule has 152 valence electrons. The average Bonchev–Trinajstić information content (AvgIpc) is 2.64. The summed E-state index contributed by atoms with van der Waals surface area (Å²) in [6.07, 6.45) is -3.77. The lowest BCUT2D eigenvalue weighted by atomic mass is 10.2. The van der Waals surface area contributed by atoms with E-state index < -0.39 is 11.7 Å². The Labute approximate surface area is 167 Å². The van der Waals surface area contributed by atoms with Crippen LogP contribution in [-0.2, 0) is 6.18 Å². The number of alkyl halides is 3. The van der Waals surface area contributed by atoms with Crippen molar-refractivity contribution in [3.05, 3.63) is 65.9 Å². The van der Waals surface area contributed by atoms with Crippen LogP contribution < -0.4 is 15.4 Å². The molecule has 0 atom stereocenters. The van der Waals surface area contributed by atoms with Gasteiger partial charge in [-0.2, -0.15) is 18.2 Å². The Morgan fingerprint density at radius 3 is 2.28 bits per heavy atom. The van der Waals surface area contributed by atoms with Gasteiger partial charge in [-0.05, 0) is 56.7 Å². The number of benzene rings is 2. The second-order valence-electron chi connectivity index (χ2n) is 6.71. The summed E-state index contributed by atoms with van der Waals surface area (Å²) in [6, 6.07) is 14.1. The zero-order valence-corrected chi connectivity index (χ0v) is 16.2. The Hall–Kier alpha value is -3.29. The lowest BCUT2D eigenvalue weighted by Gasteiger charge is -2.16. The van der Waals surface area contributed by atoms with Crippen LogP contribution in [-0.4, -0.2) is 16.1 Å². The van der Waals surface area contributed by atoms with Crippen molar-refractivity contribution in [2.45, 2.75) is 33.1 Å². The van der Waals surface area contributed by atoms with Gasteiger partial charge in [0, 0.05) is 17.6 Å². The number of ether oxygens (including phenoxy) is 1. The maximum atomic E-state index is 13.4. The van der Waals surface area contributed by atoms with Crippen LogP contribution in [0.15, 0.2) is 54.7 Å². The zero-order valence-electron chi connectivity index (χ0n) is 16.2. The van der Waals surface area contributed by atoms with Gasteiger partial charge < -0.3 is 15.4 Å². The highest BCUT2D eigenvalue weighted by molar-refractivity contribution is 5.65. The maximum absolute atomic E-state index is 13.4. The number of aromatic nitrogens is 2. The highest BCUT2D eigenvalue weighted by Crippen LogP contribution is 2.35. The minimum Gasteiger partial charge on any atom is -0.491 e. The number of hydrogen-bond donors (Lipinski definition) is 2. The Morgan fingerprint density at radius 2 is 1.66 bits per heavy atom. The smallest absolute Gasteiger partial charge is 0.421 e. The van der Waals surface area contributed by atoms with Gasteiger partial charge >= 0.3 is 6.18 Å². The van der Waals surface area contributed by atoms with Crippen LogP contribution in [0.5, 0.6) is 5.75 Å². The predicted octanol–water partition coefficient (Wildman–Crippen LogP) is 6.08. The second-order valence-corrected chi connectivity index (χ2v) is 6.71. The van der Waals surface area contributed by atoms with Crippen LogP contribution in [0.25, 0.3) is 0 Å². The van der Waals surface area contributed by atoms with E-state index >= 15 is 0 Å². The molecule has 0 spiro atoms. The fraction of sp³-hybridized carbons (Fsp3) is 0.238. The SMILES string of the molecule is Cc1ccccc1Nc1nc(Nc2ccc(OC(C)C)cc2)ncc1C(F)(F)F. The molecule has 1 heterocycles. The lowest BCUT2D eigenvalue weighted by molar-refractivity contribution is -0.137. The van der Waals surface area contributed by atoms with Crippen LogP contribution in [0.2, 0.25) is 0 Å². The number of para-hydroxylation sites is 1. The van der Waals surface area contributed by atoms with Gasteiger partial charge in [0.1, 0.15) is 17.1 Å². The fourth-order valence-electron chi connectivity index (χ4n) is 2.60. The normalized spacial score (nSPS) is 11.4. The molecule has 1 aromatic heterocycles. The first-order valence-corrected chi connectivity index (χ1v) is 9.03. The molecule has 0 amide bonds. The molecule has 3 aromatic rings. The molecule has 3 rings (SSSR count). The molecule has 0 radical (unpaired) electrons. The van der Waals surface area contributed by atoms with E-state index in [0.717, 1.165) is 11.8 Å². The van der Waals surface area contributed by atoms with Crippen molar-refractivity contribution in [2.75, 3.05) is 10.6 Å². The van der Waals surface area contributed by atoms with Gasteiger partial charge in [0.25, 0.3) is 0 Å². The van der Waals surface area contributed by atoms with E-state index in [1.165, 1.54) is 0 Å². The third-order valence-corrected chi connectivity index (χ3v) is 3.97. The third kappa shape index (κ3) is 5.37.